The van der Waals surface area contributed by atoms with Gasteiger partial charge in [-0.2, -0.15) is 4.31 Å². The van der Waals surface area contributed by atoms with Crippen molar-refractivity contribution in [3.63, 3.8) is 0 Å². The second kappa shape index (κ2) is 5.06. The predicted octanol–water partition coefficient (Wildman–Crippen LogP) is -0.317. The summed E-state index contributed by atoms with van der Waals surface area (Å²) in [4.78, 5) is 0. The Hall–Kier alpha value is -0.170. The summed E-state index contributed by atoms with van der Waals surface area (Å²) < 4.78 is 34.4. The third-order valence-electron chi connectivity index (χ3n) is 2.25. The highest BCUT2D eigenvalue weighted by Crippen LogP contribution is 2.15. The molecule has 6 heteroatoms. The quantitative estimate of drug-likeness (QED) is 0.641. The molecular formula is C8H17NO4S. The van der Waals surface area contributed by atoms with Crippen LogP contribution in [-0.4, -0.2) is 58.5 Å². The summed E-state index contributed by atoms with van der Waals surface area (Å²) in [6, 6.07) is -0.0138. The Kier molecular flexibility index (Phi) is 4.31. The van der Waals surface area contributed by atoms with E-state index in [1.165, 1.54) is 10.6 Å². The third kappa shape index (κ3) is 3.20. The van der Waals surface area contributed by atoms with Gasteiger partial charge in [-0.25, -0.2) is 8.42 Å². The predicted molar refractivity (Wildman–Crippen MR) is 52.6 cm³/mol. The Morgan fingerprint density at radius 1 is 1.57 bits per heavy atom. The molecule has 1 fully saturated rings. The molecule has 0 aliphatic carbocycles. The summed E-state index contributed by atoms with van der Waals surface area (Å²) in [5, 5.41) is 0. The molecule has 0 bridgehead atoms. The van der Waals surface area contributed by atoms with Crippen LogP contribution < -0.4 is 0 Å². The fraction of sp³-hybridized carbons (Fsp3) is 1.00. The maximum Gasteiger partial charge on any atom is 0.211 e. The van der Waals surface area contributed by atoms with E-state index in [0.717, 1.165) is 6.42 Å². The lowest BCUT2D eigenvalue weighted by Gasteiger charge is -2.24. The highest BCUT2D eigenvalue weighted by atomic mass is 32.2. The van der Waals surface area contributed by atoms with Crippen LogP contribution in [0.1, 0.15) is 6.42 Å². The van der Waals surface area contributed by atoms with Gasteiger partial charge in [-0.15, -0.1) is 0 Å². The second-order valence-electron chi connectivity index (χ2n) is 3.38. The minimum Gasteiger partial charge on any atom is -0.383 e. The lowest BCUT2D eigenvalue weighted by Crippen LogP contribution is -2.41. The molecule has 0 aromatic heterocycles. The summed E-state index contributed by atoms with van der Waals surface area (Å²) in [5.74, 6) is 0. The van der Waals surface area contributed by atoms with Crippen LogP contribution in [0.5, 0.6) is 0 Å². The topological polar surface area (TPSA) is 55.8 Å². The van der Waals surface area contributed by atoms with Crippen LogP contribution in [0.15, 0.2) is 0 Å². The zero-order valence-corrected chi connectivity index (χ0v) is 9.42. The molecule has 14 heavy (non-hydrogen) atoms. The molecule has 1 atom stereocenters. The lowest BCUT2D eigenvalue weighted by molar-refractivity contribution is 0.148. The number of methoxy groups -OCH3 is 1. The van der Waals surface area contributed by atoms with Gasteiger partial charge in [-0.3, -0.25) is 0 Å². The van der Waals surface area contributed by atoms with Crippen molar-refractivity contribution in [1.82, 2.24) is 4.31 Å². The van der Waals surface area contributed by atoms with Crippen LogP contribution in [-0.2, 0) is 19.5 Å². The van der Waals surface area contributed by atoms with Crippen molar-refractivity contribution >= 4 is 10.0 Å². The average Bonchev–Trinajstić information content (AvgIpc) is 2.55. The monoisotopic (exact) mass is 223 g/mol. The Morgan fingerprint density at radius 2 is 2.29 bits per heavy atom. The highest BCUT2D eigenvalue weighted by Gasteiger charge is 2.29. The molecule has 1 saturated heterocycles. The molecule has 0 radical (unpaired) electrons. The minimum absolute atomic E-state index is 0.0138. The van der Waals surface area contributed by atoms with Gasteiger partial charge in [0.25, 0.3) is 0 Å². The molecule has 5 nitrogen and oxygen atoms in total. The molecular weight excluding hydrogens is 206 g/mol. The van der Waals surface area contributed by atoms with Gasteiger partial charge in [-0.1, -0.05) is 0 Å². The molecule has 1 heterocycles. The van der Waals surface area contributed by atoms with Gasteiger partial charge in [0.2, 0.25) is 10.0 Å². The van der Waals surface area contributed by atoms with Gasteiger partial charge in [0.15, 0.2) is 0 Å². The summed E-state index contributed by atoms with van der Waals surface area (Å²) in [6.45, 7) is 1.97. The molecule has 0 N–H and O–H groups in total. The van der Waals surface area contributed by atoms with E-state index in [2.05, 4.69) is 0 Å². The molecule has 0 aromatic carbocycles. The number of sulfonamides is 1. The zero-order valence-electron chi connectivity index (χ0n) is 8.60. The second-order valence-corrected chi connectivity index (χ2v) is 5.32. The normalized spacial score (nSPS) is 23.2. The Balaban J connectivity index is 2.61. The van der Waals surface area contributed by atoms with Crippen molar-refractivity contribution < 1.29 is 17.9 Å². The summed E-state index contributed by atoms with van der Waals surface area (Å²) in [7, 11) is -1.59. The van der Waals surface area contributed by atoms with Crippen molar-refractivity contribution in [3.8, 4) is 0 Å². The highest BCUT2D eigenvalue weighted by molar-refractivity contribution is 7.88. The largest absolute Gasteiger partial charge is 0.383 e. The van der Waals surface area contributed by atoms with Crippen molar-refractivity contribution in [2.75, 3.05) is 39.7 Å². The SMILES string of the molecule is COCCN(C1CCOC1)S(C)(=O)=O. The third-order valence-corrected chi connectivity index (χ3v) is 3.59. The summed E-state index contributed by atoms with van der Waals surface area (Å²) in [5.41, 5.74) is 0. The Morgan fingerprint density at radius 3 is 2.71 bits per heavy atom. The molecule has 1 aliphatic heterocycles. The van der Waals surface area contributed by atoms with Crippen LogP contribution >= 0.6 is 0 Å². The zero-order chi connectivity index (χ0) is 10.6. The van der Waals surface area contributed by atoms with Gasteiger partial charge in [0.1, 0.15) is 0 Å². The first kappa shape index (κ1) is 11.9. The van der Waals surface area contributed by atoms with Crippen LogP contribution in [0.4, 0.5) is 0 Å². The van der Waals surface area contributed by atoms with Gasteiger partial charge in [-0.05, 0) is 6.42 Å². The fourth-order valence-corrected chi connectivity index (χ4v) is 2.66. The molecule has 0 spiro atoms. The first-order valence-electron chi connectivity index (χ1n) is 4.59. The van der Waals surface area contributed by atoms with Crippen molar-refractivity contribution in [2.45, 2.75) is 12.5 Å². The van der Waals surface area contributed by atoms with E-state index in [1.54, 1.807) is 7.11 Å². The first-order valence-corrected chi connectivity index (χ1v) is 6.44. The van der Waals surface area contributed by atoms with E-state index in [4.69, 9.17) is 9.47 Å². The van der Waals surface area contributed by atoms with Gasteiger partial charge in [0.05, 0.1) is 25.5 Å². The lowest BCUT2D eigenvalue weighted by atomic mass is 10.3. The fourth-order valence-electron chi connectivity index (χ4n) is 1.55. The molecule has 84 valence electrons. The van der Waals surface area contributed by atoms with Gasteiger partial charge < -0.3 is 9.47 Å². The van der Waals surface area contributed by atoms with E-state index in [-0.39, 0.29) is 6.04 Å². The summed E-state index contributed by atoms with van der Waals surface area (Å²) in [6.07, 6.45) is 2.00. The Bertz CT molecular complexity index is 259. The molecule has 1 unspecified atom stereocenters. The smallest absolute Gasteiger partial charge is 0.211 e. The number of hydrogen-bond donors (Lipinski definition) is 0. The van der Waals surface area contributed by atoms with Crippen molar-refractivity contribution in [3.05, 3.63) is 0 Å². The van der Waals surface area contributed by atoms with E-state index < -0.39 is 10.0 Å². The van der Waals surface area contributed by atoms with E-state index in [0.29, 0.717) is 26.4 Å². The number of ether oxygens (including phenoxy) is 2. The minimum atomic E-state index is -3.15. The van der Waals surface area contributed by atoms with Crippen LogP contribution in [0, 0.1) is 0 Å². The number of rotatable bonds is 5. The van der Waals surface area contributed by atoms with Crippen molar-refractivity contribution in [1.29, 1.82) is 0 Å². The van der Waals surface area contributed by atoms with Gasteiger partial charge in [0, 0.05) is 20.3 Å². The summed E-state index contributed by atoms with van der Waals surface area (Å²) >= 11 is 0. The number of hydrogen-bond acceptors (Lipinski definition) is 4. The van der Waals surface area contributed by atoms with E-state index >= 15 is 0 Å². The van der Waals surface area contributed by atoms with Crippen LogP contribution in [0.25, 0.3) is 0 Å². The van der Waals surface area contributed by atoms with Gasteiger partial charge >= 0.3 is 0 Å². The standard InChI is InChI=1S/C8H17NO4S/c1-12-6-4-9(14(2,10)11)8-3-5-13-7-8/h8H,3-7H2,1-2H3. The van der Waals surface area contributed by atoms with Crippen molar-refractivity contribution in [2.24, 2.45) is 0 Å². The molecule has 0 saturated carbocycles. The Labute approximate surface area is 85.0 Å². The average molecular weight is 223 g/mol. The molecule has 1 aliphatic rings. The van der Waals surface area contributed by atoms with E-state index in [1.807, 2.05) is 0 Å². The molecule has 0 amide bonds. The molecule has 1 rings (SSSR count). The molecule has 0 aromatic rings. The van der Waals surface area contributed by atoms with E-state index in [9.17, 15) is 8.42 Å². The number of nitrogens with zero attached hydrogens (tertiary/aromatic N) is 1. The van der Waals surface area contributed by atoms with Crippen LogP contribution in [0.2, 0.25) is 0 Å². The maximum absolute atomic E-state index is 11.4. The maximum atomic E-state index is 11.4. The van der Waals surface area contributed by atoms with Crippen LogP contribution in [0.3, 0.4) is 0 Å². The first-order chi connectivity index (χ1) is 6.55.